The number of carbonyl (C=O) groups is 1. The van der Waals surface area contributed by atoms with E-state index in [0.29, 0.717) is 18.2 Å². The van der Waals surface area contributed by atoms with Crippen molar-refractivity contribution in [1.82, 2.24) is 0 Å². The molecule has 2 nitrogen and oxygen atoms in total. The van der Waals surface area contributed by atoms with Gasteiger partial charge in [0.15, 0.2) is 0 Å². The van der Waals surface area contributed by atoms with Gasteiger partial charge in [-0.3, -0.25) is 4.79 Å². The summed E-state index contributed by atoms with van der Waals surface area (Å²) in [6, 6.07) is 6.55. The second-order valence-electron chi connectivity index (χ2n) is 5.63. The number of benzene rings is 1. The fourth-order valence-corrected chi connectivity index (χ4v) is 2.89. The van der Waals surface area contributed by atoms with E-state index in [1.807, 2.05) is 0 Å². The number of rotatable bonds is 3. The zero-order chi connectivity index (χ0) is 13.1. The molecule has 1 fully saturated rings. The summed E-state index contributed by atoms with van der Waals surface area (Å²) in [6.45, 7) is 4.18. The van der Waals surface area contributed by atoms with E-state index in [1.54, 1.807) is 0 Å². The molecule has 0 atom stereocenters. The Labute approximate surface area is 110 Å². The zero-order valence-corrected chi connectivity index (χ0v) is 11.4. The van der Waals surface area contributed by atoms with Gasteiger partial charge in [0.1, 0.15) is 5.78 Å². The topological polar surface area (TPSA) is 43.1 Å². The van der Waals surface area contributed by atoms with E-state index >= 15 is 0 Å². The first-order valence-corrected chi connectivity index (χ1v) is 6.91. The quantitative estimate of drug-likeness (QED) is 0.889. The van der Waals surface area contributed by atoms with Crippen LogP contribution in [-0.4, -0.2) is 11.8 Å². The third-order valence-electron chi connectivity index (χ3n) is 4.22. The van der Waals surface area contributed by atoms with E-state index in [1.165, 1.54) is 16.7 Å². The normalized spacial score (nSPS) is 23.9. The van der Waals surface area contributed by atoms with E-state index in [9.17, 15) is 4.79 Å². The van der Waals surface area contributed by atoms with Crippen LogP contribution in [0.1, 0.15) is 42.4 Å². The first kappa shape index (κ1) is 13.3. The van der Waals surface area contributed by atoms with Crippen LogP contribution in [0.4, 0.5) is 0 Å². The van der Waals surface area contributed by atoms with Gasteiger partial charge in [-0.1, -0.05) is 18.2 Å². The van der Waals surface area contributed by atoms with Gasteiger partial charge >= 0.3 is 0 Å². The minimum atomic E-state index is 0.240. The average Bonchev–Trinajstić information content (AvgIpc) is 2.34. The monoisotopic (exact) mass is 245 g/mol. The van der Waals surface area contributed by atoms with Gasteiger partial charge in [0.05, 0.1) is 0 Å². The molecule has 0 heterocycles. The van der Waals surface area contributed by atoms with Crippen molar-refractivity contribution in [3.8, 4) is 0 Å². The van der Waals surface area contributed by atoms with Gasteiger partial charge < -0.3 is 5.73 Å². The molecule has 0 saturated heterocycles. The number of hydrogen-bond acceptors (Lipinski definition) is 2. The lowest BCUT2D eigenvalue weighted by Gasteiger charge is -2.25. The Bertz CT molecular complexity index is 410. The lowest BCUT2D eigenvalue weighted by atomic mass is 9.81. The van der Waals surface area contributed by atoms with Gasteiger partial charge in [-0.2, -0.15) is 0 Å². The molecule has 2 heteroatoms. The van der Waals surface area contributed by atoms with Crippen molar-refractivity contribution in [2.75, 3.05) is 0 Å². The van der Waals surface area contributed by atoms with Gasteiger partial charge in [0, 0.05) is 18.4 Å². The molecule has 0 bridgehead atoms. The van der Waals surface area contributed by atoms with Crippen molar-refractivity contribution < 1.29 is 4.79 Å². The largest absolute Gasteiger partial charge is 0.328 e. The van der Waals surface area contributed by atoms with Crippen molar-refractivity contribution >= 4 is 5.78 Å². The molecule has 0 amide bonds. The van der Waals surface area contributed by atoms with Gasteiger partial charge in [0.25, 0.3) is 0 Å². The van der Waals surface area contributed by atoms with Gasteiger partial charge in [0.2, 0.25) is 0 Å². The standard InChI is InChI=1S/C16H23NO/c1-11-4-3-5-12(2)15(11)10-16(18)13-6-8-14(17)9-7-13/h3-5,13-14H,6-10,17H2,1-2H3. The molecular weight excluding hydrogens is 222 g/mol. The summed E-state index contributed by atoms with van der Waals surface area (Å²) >= 11 is 0. The van der Waals surface area contributed by atoms with Crippen LogP contribution in [0.5, 0.6) is 0 Å². The van der Waals surface area contributed by atoms with Crippen molar-refractivity contribution in [2.24, 2.45) is 11.7 Å². The molecule has 18 heavy (non-hydrogen) atoms. The highest BCUT2D eigenvalue weighted by molar-refractivity contribution is 5.84. The molecule has 0 aromatic heterocycles. The minimum Gasteiger partial charge on any atom is -0.328 e. The molecule has 0 aliphatic heterocycles. The molecule has 1 aromatic rings. The molecule has 0 spiro atoms. The van der Waals surface area contributed by atoms with E-state index in [-0.39, 0.29) is 5.92 Å². The van der Waals surface area contributed by atoms with E-state index in [0.717, 1.165) is 25.7 Å². The summed E-state index contributed by atoms with van der Waals surface area (Å²) in [5.74, 6) is 0.642. The Morgan fingerprint density at radius 1 is 1.17 bits per heavy atom. The predicted molar refractivity (Wildman–Crippen MR) is 74.6 cm³/mol. The van der Waals surface area contributed by atoms with Crippen molar-refractivity contribution in [3.05, 3.63) is 34.9 Å². The summed E-state index contributed by atoms with van der Waals surface area (Å²) in [5.41, 5.74) is 9.57. The molecular formula is C16H23NO. The van der Waals surface area contributed by atoms with E-state index < -0.39 is 0 Å². The zero-order valence-electron chi connectivity index (χ0n) is 11.4. The fourth-order valence-electron chi connectivity index (χ4n) is 2.89. The summed E-state index contributed by atoms with van der Waals surface area (Å²) in [4.78, 5) is 12.3. The Morgan fingerprint density at radius 3 is 2.28 bits per heavy atom. The molecule has 1 aliphatic carbocycles. The van der Waals surface area contributed by atoms with Crippen LogP contribution in [0.3, 0.4) is 0 Å². The molecule has 1 aromatic carbocycles. The average molecular weight is 245 g/mol. The maximum absolute atomic E-state index is 12.3. The van der Waals surface area contributed by atoms with Crippen molar-refractivity contribution in [1.29, 1.82) is 0 Å². The Hall–Kier alpha value is -1.15. The fraction of sp³-hybridized carbons (Fsp3) is 0.562. The van der Waals surface area contributed by atoms with Gasteiger partial charge in [-0.05, 0) is 56.2 Å². The molecule has 2 rings (SSSR count). The lowest BCUT2D eigenvalue weighted by Crippen LogP contribution is -2.30. The van der Waals surface area contributed by atoms with Crippen LogP contribution < -0.4 is 5.73 Å². The summed E-state index contributed by atoms with van der Waals surface area (Å²) < 4.78 is 0. The first-order valence-electron chi connectivity index (χ1n) is 6.91. The summed E-state index contributed by atoms with van der Waals surface area (Å²) in [5, 5.41) is 0. The maximum Gasteiger partial charge on any atom is 0.140 e. The molecule has 0 radical (unpaired) electrons. The molecule has 98 valence electrons. The number of nitrogens with two attached hydrogens (primary N) is 1. The highest BCUT2D eigenvalue weighted by Crippen LogP contribution is 2.26. The first-order chi connectivity index (χ1) is 8.58. The number of Topliss-reactive ketones (excluding diaryl/α,β-unsaturated/α-hetero) is 1. The Balaban J connectivity index is 2.03. The van der Waals surface area contributed by atoms with E-state index in [4.69, 9.17) is 5.73 Å². The number of carbonyl (C=O) groups excluding carboxylic acids is 1. The third kappa shape index (κ3) is 2.99. The smallest absolute Gasteiger partial charge is 0.140 e. The third-order valence-corrected chi connectivity index (χ3v) is 4.22. The van der Waals surface area contributed by atoms with Crippen LogP contribution in [-0.2, 0) is 11.2 Å². The molecule has 0 unspecified atom stereocenters. The van der Waals surface area contributed by atoms with Crippen LogP contribution in [0, 0.1) is 19.8 Å². The second-order valence-corrected chi connectivity index (χ2v) is 5.63. The Kier molecular flexibility index (Phi) is 4.18. The number of ketones is 1. The van der Waals surface area contributed by atoms with Crippen LogP contribution in [0.2, 0.25) is 0 Å². The van der Waals surface area contributed by atoms with Crippen LogP contribution >= 0.6 is 0 Å². The maximum atomic E-state index is 12.3. The van der Waals surface area contributed by atoms with Crippen molar-refractivity contribution in [3.63, 3.8) is 0 Å². The summed E-state index contributed by atoms with van der Waals surface area (Å²) in [7, 11) is 0. The molecule has 1 saturated carbocycles. The second kappa shape index (κ2) is 5.66. The highest BCUT2D eigenvalue weighted by Gasteiger charge is 2.24. The van der Waals surface area contributed by atoms with Crippen LogP contribution in [0.25, 0.3) is 0 Å². The van der Waals surface area contributed by atoms with Gasteiger partial charge in [-0.25, -0.2) is 0 Å². The lowest BCUT2D eigenvalue weighted by molar-refractivity contribution is -0.123. The number of aryl methyl sites for hydroxylation is 2. The Morgan fingerprint density at radius 2 is 1.72 bits per heavy atom. The van der Waals surface area contributed by atoms with Crippen LogP contribution in [0.15, 0.2) is 18.2 Å². The highest BCUT2D eigenvalue weighted by atomic mass is 16.1. The summed E-state index contributed by atoms with van der Waals surface area (Å²) in [6.07, 6.45) is 4.56. The van der Waals surface area contributed by atoms with Crippen molar-refractivity contribution in [2.45, 2.75) is 52.0 Å². The van der Waals surface area contributed by atoms with E-state index in [2.05, 4.69) is 32.0 Å². The molecule has 2 N–H and O–H groups in total. The van der Waals surface area contributed by atoms with Gasteiger partial charge in [-0.15, -0.1) is 0 Å². The SMILES string of the molecule is Cc1cccc(C)c1CC(=O)C1CCC(N)CC1. The predicted octanol–water partition coefficient (Wildman–Crippen LogP) is 2.93. The minimum absolute atomic E-state index is 0.240. The molecule has 1 aliphatic rings. The number of hydrogen-bond donors (Lipinski definition) is 1.